The summed E-state index contributed by atoms with van der Waals surface area (Å²) in [6, 6.07) is 12.9. The van der Waals surface area contributed by atoms with Crippen molar-refractivity contribution in [3.63, 3.8) is 0 Å². The first kappa shape index (κ1) is 21.3. The van der Waals surface area contributed by atoms with E-state index in [1.165, 1.54) is 25.7 Å². The van der Waals surface area contributed by atoms with Crippen LogP contribution in [0.4, 0.5) is 5.69 Å². The molecule has 33 heavy (non-hydrogen) atoms. The zero-order valence-electron chi connectivity index (χ0n) is 19.1. The Balaban J connectivity index is 1.14. The average Bonchev–Trinajstić information content (AvgIpc) is 3.61. The number of benzene rings is 2. The largest absolute Gasteiger partial charge is 0.493 e. The zero-order valence-corrected chi connectivity index (χ0v) is 19.9. The van der Waals surface area contributed by atoms with Crippen LogP contribution in [0.2, 0.25) is 5.02 Å². The molecule has 0 unspecified atom stereocenters. The minimum Gasteiger partial charge on any atom is -0.493 e. The van der Waals surface area contributed by atoms with E-state index in [1.54, 1.807) is 0 Å². The van der Waals surface area contributed by atoms with Gasteiger partial charge in [0.2, 0.25) is 0 Å². The number of carbonyl (C=O) groups excluding carboxylic acids is 1. The maximum absolute atomic E-state index is 13.2. The van der Waals surface area contributed by atoms with Gasteiger partial charge in [-0.2, -0.15) is 0 Å². The number of fused-ring (bicyclic) bond motifs is 3. The molecule has 2 aromatic carbocycles. The third kappa shape index (κ3) is 4.22. The normalized spacial score (nSPS) is 26.9. The topological polar surface area (TPSA) is 42.0 Å². The molecule has 6 heteroatoms. The lowest BCUT2D eigenvalue weighted by Crippen LogP contribution is -2.43. The summed E-state index contributed by atoms with van der Waals surface area (Å²) in [7, 11) is 2.23. The summed E-state index contributed by atoms with van der Waals surface area (Å²) in [5, 5.41) is 0.571. The molecule has 0 radical (unpaired) electrons. The van der Waals surface area contributed by atoms with Crippen molar-refractivity contribution in [2.45, 2.75) is 63.1 Å². The fourth-order valence-corrected chi connectivity index (χ4v) is 5.91. The van der Waals surface area contributed by atoms with Crippen LogP contribution in [-0.2, 0) is 6.42 Å². The standard InChI is InChI=1S/C27H31ClN2O3/c1-29-19-4-5-20(29)14-23(13-19)33-26-9-6-21(15-25(26)28)30-11-10-18-12-22(32-16-17-2-3-17)7-8-24(18)27(30)31/h6-9,12,15,17,19-20,23H,2-5,10-11,13-14,16H2,1H3/t19-,20+,23+. The first-order valence-electron chi connectivity index (χ1n) is 12.3. The lowest BCUT2D eigenvalue weighted by molar-refractivity contribution is 0.0662. The fourth-order valence-electron chi connectivity index (χ4n) is 5.69. The van der Waals surface area contributed by atoms with Crippen molar-refractivity contribution in [3.05, 3.63) is 52.5 Å². The Morgan fingerprint density at radius 1 is 1.03 bits per heavy atom. The van der Waals surface area contributed by atoms with Crippen molar-refractivity contribution in [2.75, 3.05) is 25.1 Å². The number of halogens is 1. The number of anilines is 1. The van der Waals surface area contributed by atoms with Crippen LogP contribution in [0.15, 0.2) is 36.4 Å². The van der Waals surface area contributed by atoms with E-state index in [9.17, 15) is 4.79 Å². The molecule has 174 valence electrons. The smallest absolute Gasteiger partial charge is 0.258 e. The van der Waals surface area contributed by atoms with Crippen LogP contribution >= 0.6 is 11.6 Å². The molecular weight excluding hydrogens is 436 g/mol. The van der Waals surface area contributed by atoms with E-state index in [2.05, 4.69) is 11.9 Å². The molecule has 2 bridgehead atoms. The minimum atomic E-state index is 0.0154. The predicted molar refractivity (Wildman–Crippen MR) is 130 cm³/mol. The van der Waals surface area contributed by atoms with Crippen LogP contribution in [-0.4, -0.2) is 49.2 Å². The molecule has 0 aromatic heterocycles. The molecule has 1 amide bonds. The highest BCUT2D eigenvalue weighted by molar-refractivity contribution is 6.32. The average molecular weight is 467 g/mol. The van der Waals surface area contributed by atoms with Crippen molar-refractivity contribution in [3.8, 4) is 11.5 Å². The van der Waals surface area contributed by atoms with Crippen LogP contribution in [0.1, 0.15) is 54.4 Å². The van der Waals surface area contributed by atoms with Gasteiger partial charge in [-0.3, -0.25) is 4.79 Å². The number of amides is 1. The van der Waals surface area contributed by atoms with E-state index < -0.39 is 0 Å². The van der Waals surface area contributed by atoms with Crippen molar-refractivity contribution in [1.29, 1.82) is 0 Å². The van der Waals surface area contributed by atoms with E-state index in [0.717, 1.165) is 54.2 Å². The van der Waals surface area contributed by atoms with Crippen molar-refractivity contribution < 1.29 is 14.3 Å². The minimum absolute atomic E-state index is 0.0154. The number of hydrogen-bond acceptors (Lipinski definition) is 4. The SMILES string of the molecule is CN1[C@@H]2CC[C@H]1C[C@@H](Oc1ccc(N3CCc4cc(OCC5CC5)ccc4C3=O)cc1Cl)C2. The molecule has 6 rings (SSSR count). The molecule has 4 aliphatic rings. The summed E-state index contributed by atoms with van der Waals surface area (Å²) in [6.07, 6.45) is 8.18. The van der Waals surface area contributed by atoms with Gasteiger partial charge in [0.1, 0.15) is 17.6 Å². The van der Waals surface area contributed by atoms with Crippen LogP contribution in [0.3, 0.4) is 0 Å². The van der Waals surface area contributed by atoms with Gasteiger partial charge in [0.05, 0.1) is 11.6 Å². The van der Waals surface area contributed by atoms with Crippen LogP contribution in [0, 0.1) is 5.92 Å². The number of rotatable bonds is 6. The molecule has 1 aliphatic carbocycles. The van der Waals surface area contributed by atoms with Gasteiger partial charge in [-0.05, 0) is 99.9 Å². The Labute approximate surface area is 200 Å². The quantitative estimate of drug-likeness (QED) is 0.576. The van der Waals surface area contributed by atoms with Crippen molar-refractivity contribution in [1.82, 2.24) is 4.90 Å². The number of ether oxygens (including phenoxy) is 2. The molecule has 1 saturated carbocycles. The molecule has 2 aromatic rings. The number of piperidine rings is 1. The van der Waals surface area contributed by atoms with Crippen molar-refractivity contribution in [2.24, 2.45) is 5.92 Å². The van der Waals surface area contributed by atoms with E-state index in [4.69, 9.17) is 21.1 Å². The molecule has 0 N–H and O–H groups in total. The first-order chi connectivity index (χ1) is 16.0. The summed E-state index contributed by atoms with van der Waals surface area (Å²) in [6.45, 7) is 1.41. The Kier molecular flexibility index (Phi) is 5.50. The molecule has 3 fully saturated rings. The van der Waals surface area contributed by atoms with Gasteiger partial charge in [0.15, 0.2) is 0 Å². The number of carbonyl (C=O) groups is 1. The fraction of sp³-hybridized carbons (Fsp3) is 0.519. The van der Waals surface area contributed by atoms with Crippen molar-refractivity contribution >= 4 is 23.2 Å². The van der Waals surface area contributed by atoms with Gasteiger partial charge in [-0.25, -0.2) is 0 Å². The molecule has 5 nitrogen and oxygen atoms in total. The third-order valence-electron chi connectivity index (χ3n) is 7.92. The lowest BCUT2D eigenvalue weighted by atomic mass is 9.98. The maximum Gasteiger partial charge on any atom is 0.258 e. The van der Waals surface area contributed by atoms with Gasteiger partial charge in [0.25, 0.3) is 5.91 Å². The van der Waals surface area contributed by atoms with Crippen LogP contribution in [0.25, 0.3) is 0 Å². The Morgan fingerprint density at radius 2 is 1.82 bits per heavy atom. The second-order valence-corrected chi connectivity index (χ2v) is 10.6. The second kappa shape index (κ2) is 8.52. The Bertz CT molecular complexity index is 1060. The summed E-state index contributed by atoms with van der Waals surface area (Å²) in [5.74, 6) is 2.32. The van der Waals surface area contributed by atoms with E-state index >= 15 is 0 Å². The van der Waals surface area contributed by atoms with Gasteiger partial charge < -0.3 is 19.3 Å². The molecule has 0 spiro atoms. The Morgan fingerprint density at radius 3 is 2.55 bits per heavy atom. The third-order valence-corrected chi connectivity index (χ3v) is 8.21. The highest BCUT2D eigenvalue weighted by Crippen LogP contribution is 2.38. The summed E-state index contributed by atoms with van der Waals surface area (Å²) in [5.41, 5.74) is 2.63. The molecule has 3 atom stereocenters. The first-order valence-corrected chi connectivity index (χ1v) is 12.7. The van der Waals surface area contributed by atoms with Gasteiger partial charge in [-0.1, -0.05) is 11.6 Å². The summed E-state index contributed by atoms with van der Waals surface area (Å²) >= 11 is 6.63. The maximum atomic E-state index is 13.2. The van der Waals surface area contributed by atoms with E-state index in [-0.39, 0.29) is 12.0 Å². The number of nitrogens with zero attached hydrogens (tertiary/aromatic N) is 2. The van der Waals surface area contributed by atoms with Gasteiger partial charge in [-0.15, -0.1) is 0 Å². The molecular formula is C27H31ClN2O3. The van der Waals surface area contributed by atoms with Crippen LogP contribution in [0.5, 0.6) is 11.5 Å². The highest BCUT2D eigenvalue weighted by atomic mass is 35.5. The summed E-state index contributed by atoms with van der Waals surface area (Å²) in [4.78, 5) is 17.6. The Hall–Kier alpha value is -2.24. The molecule has 2 saturated heterocycles. The lowest BCUT2D eigenvalue weighted by Gasteiger charge is -2.36. The van der Waals surface area contributed by atoms with Gasteiger partial charge >= 0.3 is 0 Å². The molecule has 3 aliphatic heterocycles. The van der Waals surface area contributed by atoms with E-state index in [1.807, 2.05) is 41.3 Å². The van der Waals surface area contributed by atoms with Gasteiger partial charge in [0, 0.05) is 29.9 Å². The number of hydrogen-bond donors (Lipinski definition) is 0. The predicted octanol–water partition coefficient (Wildman–Crippen LogP) is 5.34. The monoisotopic (exact) mass is 466 g/mol. The van der Waals surface area contributed by atoms with Crippen LogP contribution < -0.4 is 14.4 Å². The van der Waals surface area contributed by atoms with E-state index in [0.29, 0.717) is 29.6 Å². The zero-order chi connectivity index (χ0) is 22.5. The summed E-state index contributed by atoms with van der Waals surface area (Å²) < 4.78 is 12.2. The second-order valence-electron chi connectivity index (χ2n) is 10.2. The molecule has 3 heterocycles. The highest BCUT2D eigenvalue weighted by Gasteiger charge is 2.39.